The third-order valence-corrected chi connectivity index (χ3v) is 0.952. The standard InChI is InChI=1S/C7H4O2/c8-5-6-3-1-2-4-7(6)9/h1,3-4,9H. The maximum absolute atomic E-state index is 9.93. The van der Waals surface area contributed by atoms with Crippen molar-refractivity contribution in [3.63, 3.8) is 0 Å². The molecule has 2 nitrogen and oxygen atoms in total. The van der Waals surface area contributed by atoms with Crippen LogP contribution in [-0.2, 0) is 4.79 Å². The zero-order valence-corrected chi connectivity index (χ0v) is 4.59. The third-order valence-electron chi connectivity index (χ3n) is 0.952. The molecule has 1 aromatic carbocycles. The quantitative estimate of drug-likeness (QED) is 0.590. The first-order valence-electron chi connectivity index (χ1n) is 2.42. The summed E-state index contributed by atoms with van der Waals surface area (Å²) in [5.74, 6) is -0.0764. The first-order valence-corrected chi connectivity index (χ1v) is 2.42. The van der Waals surface area contributed by atoms with Gasteiger partial charge in [-0.2, -0.15) is 0 Å². The van der Waals surface area contributed by atoms with E-state index in [-0.39, 0.29) is 11.3 Å². The Kier molecular flexibility index (Phi) is 1.49. The van der Waals surface area contributed by atoms with E-state index in [9.17, 15) is 4.79 Å². The minimum absolute atomic E-state index is 0.0764. The van der Waals surface area contributed by atoms with Crippen LogP contribution in [0.2, 0.25) is 0 Å². The van der Waals surface area contributed by atoms with Crippen LogP contribution in [0.25, 0.3) is 0 Å². The van der Waals surface area contributed by atoms with E-state index in [2.05, 4.69) is 6.07 Å². The van der Waals surface area contributed by atoms with Gasteiger partial charge in [-0.1, -0.05) is 6.07 Å². The fraction of sp³-hybridized carbons (Fsp3) is 0. The van der Waals surface area contributed by atoms with Gasteiger partial charge in [0.2, 0.25) is 6.29 Å². The number of aromatic hydroxyl groups is 1. The first kappa shape index (κ1) is 5.82. The normalized spacial score (nSPS) is 8.89. The Morgan fingerprint density at radius 1 is 1.67 bits per heavy atom. The van der Waals surface area contributed by atoms with Crippen LogP contribution in [0.5, 0.6) is 5.75 Å². The average molecular weight is 120 g/mol. The van der Waals surface area contributed by atoms with E-state index >= 15 is 0 Å². The van der Waals surface area contributed by atoms with Crippen molar-refractivity contribution in [1.29, 1.82) is 0 Å². The Morgan fingerprint density at radius 3 is 2.89 bits per heavy atom. The fourth-order valence-corrected chi connectivity index (χ4v) is 0.508. The number of carbonyl (C=O) groups excluding carboxylic acids is 1. The average Bonchev–Trinajstić information content (AvgIpc) is 1.89. The van der Waals surface area contributed by atoms with Crippen molar-refractivity contribution in [2.24, 2.45) is 0 Å². The largest absolute Gasteiger partial charge is 0.507 e. The van der Waals surface area contributed by atoms with E-state index in [1.807, 2.05) is 0 Å². The van der Waals surface area contributed by atoms with Crippen LogP contribution in [0.3, 0.4) is 0 Å². The molecule has 0 aliphatic rings. The molecule has 1 aromatic rings. The van der Waals surface area contributed by atoms with E-state index in [0.717, 1.165) is 0 Å². The van der Waals surface area contributed by atoms with Crippen LogP contribution in [0.1, 0.15) is 5.56 Å². The van der Waals surface area contributed by atoms with Gasteiger partial charge in [-0.3, -0.25) is 4.79 Å². The second kappa shape index (κ2) is 2.31. The summed E-state index contributed by atoms with van der Waals surface area (Å²) in [5, 5.41) is 8.82. The molecule has 1 rings (SSSR count). The first-order chi connectivity index (χ1) is 4.34. The fourth-order valence-electron chi connectivity index (χ4n) is 0.508. The summed E-state index contributed by atoms with van der Waals surface area (Å²) in [6, 6.07) is 6.91. The second-order valence-electron chi connectivity index (χ2n) is 1.55. The van der Waals surface area contributed by atoms with Crippen LogP contribution in [0.15, 0.2) is 18.2 Å². The molecule has 0 unspecified atom stereocenters. The summed E-state index contributed by atoms with van der Waals surface area (Å²) in [6.45, 7) is 0. The molecule has 0 aliphatic heterocycles. The van der Waals surface area contributed by atoms with Crippen molar-refractivity contribution in [2.75, 3.05) is 0 Å². The van der Waals surface area contributed by atoms with Gasteiger partial charge >= 0.3 is 0 Å². The predicted octanol–water partition coefficient (Wildman–Crippen LogP) is 0.650. The summed E-state index contributed by atoms with van der Waals surface area (Å²) >= 11 is 0. The molecule has 0 saturated carbocycles. The Morgan fingerprint density at radius 2 is 2.44 bits per heavy atom. The van der Waals surface area contributed by atoms with Gasteiger partial charge in [0.25, 0.3) is 0 Å². The molecule has 0 amide bonds. The highest BCUT2D eigenvalue weighted by Crippen LogP contribution is 2.11. The minimum atomic E-state index is -0.0764. The van der Waals surface area contributed by atoms with Gasteiger partial charge < -0.3 is 5.11 Å². The van der Waals surface area contributed by atoms with Crippen LogP contribution < -0.4 is 0 Å². The minimum Gasteiger partial charge on any atom is -0.507 e. The zero-order valence-electron chi connectivity index (χ0n) is 4.59. The maximum atomic E-state index is 9.93. The van der Waals surface area contributed by atoms with Gasteiger partial charge in [0.05, 0.1) is 5.56 Å². The molecule has 0 saturated heterocycles. The summed E-state index contributed by atoms with van der Waals surface area (Å²) in [6.07, 6.45) is 1.58. The second-order valence-corrected chi connectivity index (χ2v) is 1.55. The Hall–Kier alpha value is -1.31. The molecular weight excluding hydrogens is 116 g/mol. The molecule has 2 heteroatoms. The number of phenols is 1. The third kappa shape index (κ3) is 1.08. The molecule has 0 bridgehead atoms. The molecule has 1 N–H and O–H groups in total. The lowest BCUT2D eigenvalue weighted by Crippen LogP contribution is -1.78. The van der Waals surface area contributed by atoms with E-state index < -0.39 is 0 Å². The van der Waals surface area contributed by atoms with Crippen molar-refractivity contribution >= 4 is 6.29 Å². The highest BCUT2D eigenvalue weighted by atomic mass is 16.3. The molecule has 0 fully saturated rings. The van der Waals surface area contributed by atoms with E-state index in [1.54, 1.807) is 12.4 Å². The van der Waals surface area contributed by atoms with Crippen molar-refractivity contribution < 1.29 is 9.90 Å². The van der Waals surface area contributed by atoms with Gasteiger partial charge in [-0.25, -0.2) is 0 Å². The maximum Gasteiger partial charge on any atom is 0.237 e. The lowest BCUT2D eigenvalue weighted by Gasteiger charge is -1.90. The van der Waals surface area contributed by atoms with Crippen LogP contribution in [0.4, 0.5) is 0 Å². The topological polar surface area (TPSA) is 37.3 Å². The molecule has 0 spiro atoms. The Balaban J connectivity index is 3.15. The summed E-state index contributed by atoms with van der Waals surface area (Å²) in [4.78, 5) is 9.93. The van der Waals surface area contributed by atoms with Gasteiger partial charge in [0.15, 0.2) is 0 Å². The van der Waals surface area contributed by atoms with Crippen molar-refractivity contribution in [3.05, 3.63) is 29.8 Å². The number of hydrogen-bond donors (Lipinski definition) is 1. The van der Waals surface area contributed by atoms with Crippen molar-refractivity contribution in [3.8, 4) is 5.75 Å². The van der Waals surface area contributed by atoms with Crippen LogP contribution in [-0.4, -0.2) is 11.4 Å². The van der Waals surface area contributed by atoms with Gasteiger partial charge in [-0.15, -0.1) is 0 Å². The van der Waals surface area contributed by atoms with Crippen LogP contribution in [0, 0.1) is 6.07 Å². The Labute approximate surface area is 52.8 Å². The number of benzene rings is 1. The molecule has 0 aliphatic carbocycles. The zero-order chi connectivity index (χ0) is 6.69. The van der Waals surface area contributed by atoms with Crippen LogP contribution >= 0.6 is 0 Å². The monoisotopic (exact) mass is 120 g/mol. The highest BCUT2D eigenvalue weighted by Gasteiger charge is 1.94. The highest BCUT2D eigenvalue weighted by molar-refractivity contribution is 5.79. The van der Waals surface area contributed by atoms with E-state index in [1.165, 1.54) is 12.1 Å². The Bertz CT molecular complexity index is 218. The molecule has 0 atom stereocenters. The number of phenolic OH excluding ortho intramolecular Hbond substituents is 1. The van der Waals surface area contributed by atoms with E-state index in [0.29, 0.717) is 0 Å². The van der Waals surface area contributed by atoms with Crippen molar-refractivity contribution in [2.45, 2.75) is 0 Å². The lowest BCUT2D eigenvalue weighted by molar-refractivity contribution is 0.472. The molecule has 44 valence electrons. The lowest BCUT2D eigenvalue weighted by atomic mass is 10.2. The van der Waals surface area contributed by atoms with Gasteiger partial charge in [-0.05, 0) is 18.2 Å². The number of rotatable bonds is 1. The van der Waals surface area contributed by atoms with Crippen molar-refractivity contribution in [1.82, 2.24) is 0 Å². The SMILES string of the molecule is O=[C]c1cc[c]cc1O. The predicted molar refractivity (Wildman–Crippen MR) is 31.7 cm³/mol. The summed E-state index contributed by atoms with van der Waals surface area (Å²) < 4.78 is 0. The molecular formula is C7H4O2. The smallest absolute Gasteiger partial charge is 0.237 e. The molecule has 9 heavy (non-hydrogen) atoms. The molecule has 0 aromatic heterocycles. The summed E-state index contributed by atoms with van der Waals surface area (Å²) in [5.41, 5.74) is 0.175. The van der Waals surface area contributed by atoms with Gasteiger partial charge in [0.1, 0.15) is 5.75 Å². The summed E-state index contributed by atoms with van der Waals surface area (Å²) in [7, 11) is 0. The molecule has 2 radical (unpaired) electrons. The number of hydrogen-bond acceptors (Lipinski definition) is 2. The van der Waals surface area contributed by atoms with Gasteiger partial charge in [0, 0.05) is 0 Å². The van der Waals surface area contributed by atoms with E-state index in [4.69, 9.17) is 5.11 Å². The molecule has 0 heterocycles.